The quantitative estimate of drug-likeness (QED) is 0.565. The van der Waals surface area contributed by atoms with Crippen LogP contribution in [0.15, 0.2) is 29.9 Å². The number of benzene rings is 1. The molecule has 15 heteroatoms. The van der Waals surface area contributed by atoms with E-state index in [4.69, 9.17) is 0 Å². The van der Waals surface area contributed by atoms with Gasteiger partial charge in [0.25, 0.3) is 0 Å². The Morgan fingerprint density at radius 1 is 1.00 bits per heavy atom. The molecule has 0 aliphatic carbocycles. The number of nitrogens with zero attached hydrogens (tertiary/aromatic N) is 7. The molecule has 1 atom stereocenters. The fourth-order valence-corrected chi connectivity index (χ4v) is 3.48. The molecule has 0 fully saturated rings. The molecule has 0 saturated carbocycles. The number of halogens is 6. The van der Waals surface area contributed by atoms with Crippen LogP contribution in [0.2, 0.25) is 0 Å². The topological polar surface area (TPSA) is 101 Å². The Labute approximate surface area is 187 Å². The summed E-state index contributed by atoms with van der Waals surface area (Å²) in [5.41, 5.74) is -3.68. The van der Waals surface area contributed by atoms with E-state index in [1.165, 1.54) is 18.1 Å². The normalized spacial score (nSPS) is 16.1. The molecule has 2 aromatic heterocycles. The van der Waals surface area contributed by atoms with Crippen LogP contribution in [-0.2, 0) is 17.1 Å². The first-order valence-corrected chi connectivity index (χ1v) is 9.80. The molecule has 0 bridgehead atoms. The first kappa shape index (κ1) is 23.4. The average molecular weight is 486 g/mol. The number of carbonyl (C=O) groups excluding carboxylic acids is 1. The molecule has 4 rings (SSSR count). The molecule has 3 aromatic rings. The van der Waals surface area contributed by atoms with Gasteiger partial charge in [-0.25, -0.2) is 20.0 Å². The summed E-state index contributed by atoms with van der Waals surface area (Å²) in [6.45, 7) is 1.57. The van der Waals surface area contributed by atoms with Crippen LogP contribution in [0.25, 0.3) is 10.9 Å². The van der Waals surface area contributed by atoms with Crippen LogP contribution >= 0.6 is 0 Å². The van der Waals surface area contributed by atoms with E-state index < -0.39 is 40.4 Å². The molecular weight excluding hydrogens is 470 g/mol. The third kappa shape index (κ3) is 4.36. The third-order valence-corrected chi connectivity index (χ3v) is 5.12. The van der Waals surface area contributed by atoms with Crippen molar-refractivity contribution in [1.82, 2.24) is 29.7 Å². The Morgan fingerprint density at radius 2 is 1.74 bits per heavy atom. The number of rotatable bonds is 3. The first-order valence-electron chi connectivity index (χ1n) is 9.80. The maximum absolute atomic E-state index is 13.5. The zero-order valence-electron chi connectivity index (χ0n) is 17.6. The van der Waals surface area contributed by atoms with Crippen molar-refractivity contribution in [1.29, 1.82) is 0 Å². The Morgan fingerprint density at radius 3 is 2.38 bits per heavy atom. The predicted molar refractivity (Wildman–Crippen MR) is 106 cm³/mol. The van der Waals surface area contributed by atoms with Crippen LogP contribution < -0.4 is 5.32 Å². The molecule has 0 radical (unpaired) electrons. The van der Waals surface area contributed by atoms with Crippen LogP contribution in [0.1, 0.15) is 42.8 Å². The highest BCUT2D eigenvalue weighted by molar-refractivity contribution is 5.93. The number of aromatic nitrogens is 5. The monoisotopic (exact) mass is 486 g/mol. The van der Waals surface area contributed by atoms with Crippen molar-refractivity contribution in [3.8, 4) is 0 Å². The number of fused-ring (bicyclic) bond motifs is 1. The van der Waals surface area contributed by atoms with Gasteiger partial charge < -0.3 is 5.32 Å². The lowest BCUT2D eigenvalue weighted by molar-refractivity contribution is -0.142. The van der Waals surface area contributed by atoms with Gasteiger partial charge in [-0.05, 0) is 19.1 Å². The van der Waals surface area contributed by atoms with E-state index in [0.29, 0.717) is 11.9 Å². The van der Waals surface area contributed by atoms with Crippen LogP contribution in [0, 0.1) is 0 Å². The van der Waals surface area contributed by atoms with Gasteiger partial charge in [-0.2, -0.15) is 41.2 Å². The van der Waals surface area contributed by atoms with Crippen LogP contribution in [0.4, 0.5) is 32.2 Å². The zero-order valence-corrected chi connectivity index (χ0v) is 17.6. The number of hydrazone groups is 1. The standard InChI is InChI=1S/C19H16F6N8O/c1-9(17-28-8-29-33(17)13-3-4-14(34)32(2)31-13)30-16-11-5-10(18(20,21)22)6-12(19(23,24)25)15(11)26-7-27-16/h5-9H,3-4H2,1-2H3,(H,26,27,30). The van der Waals surface area contributed by atoms with Gasteiger partial charge in [0.15, 0.2) is 11.7 Å². The number of anilines is 1. The molecule has 1 aromatic carbocycles. The highest BCUT2D eigenvalue weighted by atomic mass is 19.4. The molecule has 0 saturated heterocycles. The molecule has 1 aliphatic heterocycles. The first-order chi connectivity index (χ1) is 15.9. The second-order valence-corrected chi connectivity index (χ2v) is 7.47. The summed E-state index contributed by atoms with van der Waals surface area (Å²) >= 11 is 0. The summed E-state index contributed by atoms with van der Waals surface area (Å²) in [6, 6.07) is -0.177. The van der Waals surface area contributed by atoms with E-state index in [1.807, 2.05) is 0 Å². The number of alkyl halides is 6. The summed E-state index contributed by atoms with van der Waals surface area (Å²) in [4.78, 5) is 23.3. The van der Waals surface area contributed by atoms with Crippen molar-refractivity contribution in [3.05, 3.63) is 41.7 Å². The average Bonchev–Trinajstić information content (AvgIpc) is 3.24. The lowest BCUT2D eigenvalue weighted by Crippen LogP contribution is -2.32. The smallest absolute Gasteiger partial charge is 0.360 e. The molecule has 1 N–H and O–H groups in total. The Hall–Kier alpha value is -3.78. The molecule has 3 heterocycles. The van der Waals surface area contributed by atoms with Crippen LogP contribution in [-0.4, -0.2) is 48.5 Å². The summed E-state index contributed by atoms with van der Waals surface area (Å²) in [7, 11) is 1.48. The minimum absolute atomic E-state index is 0.0260. The highest BCUT2D eigenvalue weighted by Crippen LogP contribution is 2.40. The van der Waals surface area contributed by atoms with Crippen molar-refractivity contribution in [2.24, 2.45) is 5.10 Å². The number of hydrogen-bond donors (Lipinski definition) is 1. The molecule has 1 amide bonds. The Bertz CT molecular complexity index is 1280. The molecule has 1 unspecified atom stereocenters. The maximum atomic E-state index is 13.5. The number of carbonyl (C=O) groups is 1. The van der Waals surface area contributed by atoms with Gasteiger partial charge in [0.1, 0.15) is 18.5 Å². The van der Waals surface area contributed by atoms with Gasteiger partial charge in [0, 0.05) is 25.3 Å². The number of nitrogens with one attached hydrogen (secondary N) is 1. The van der Waals surface area contributed by atoms with E-state index >= 15 is 0 Å². The summed E-state index contributed by atoms with van der Waals surface area (Å²) in [6.07, 6.45) is -7.58. The van der Waals surface area contributed by atoms with Gasteiger partial charge in [-0.1, -0.05) is 0 Å². The van der Waals surface area contributed by atoms with Gasteiger partial charge >= 0.3 is 12.4 Å². The second kappa shape index (κ2) is 8.22. The van der Waals surface area contributed by atoms with Crippen LogP contribution in [0.3, 0.4) is 0 Å². The minimum atomic E-state index is -5.07. The fraction of sp³-hybridized carbons (Fsp3) is 0.368. The van der Waals surface area contributed by atoms with Crippen molar-refractivity contribution in [2.45, 2.75) is 38.2 Å². The maximum Gasteiger partial charge on any atom is 0.418 e. The van der Waals surface area contributed by atoms with Crippen molar-refractivity contribution in [2.75, 3.05) is 12.4 Å². The third-order valence-electron chi connectivity index (χ3n) is 5.12. The van der Waals surface area contributed by atoms with E-state index in [0.717, 1.165) is 11.3 Å². The van der Waals surface area contributed by atoms with E-state index in [-0.39, 0.29) is 36.5 Å². The number of amides is 1. The molecule has 180 valence electrons. The van der Waals surface area contributed by atoms with Crippen molar-refractivity contribution in [3.63, 3.8) is 0 Å². The molecule has 9 nitrogen and oxygen atoms in total. The summed E-state index contributed by atoms with van der Waals surface area (Å²) < 4.78 is 81.9. The second-order valence-electron chi connectivity index (χ2n) is 7.47. The van der Waals surface area contributed by atoms with Crippen molar-refractivity contribution < 1.29 is 31.1 Å². The fourth-order valence-electron chi connectivity index (χ4n) is 3.48. The SMILES string of the molecule is CC(Nc1ncnc2c(C(F)(F)F)cc(C(F)(F)F)cc12)c1ncnn1C1=NN(C)C(=O)CC1. The molecule has 1 aliphatic rings. The Kier molecular flexibility index (Phi) is 5.65. The lowest BCUT2D eigenvalue weighted by Gasteiger charge is -2.22. The van der Waals surface area contributed by atoms with Crippen molar-refractivity contribution >= 4 is 28.5 Å². The number of hydrogen-bond acceptors (Lipinski definition) is 7. The van der Waals surface area contributed by atoms with Gasteiger partial charge in [-0.15, -0.1) is 0 Å². The minimum Gasteiger partial charge on any atom is -0.360 e. The zero-order chi connectivity index (χ0) is 24.8. The largest absolute Gasteiger partial charge is 0.418 e. The van der Waals surface area contributed by atoms with Gasteiger partial charge in [-0.3, -0.25) is 4.79 Å². The van der Waals surface area contributed by atoms with Gasteiger partial charge in [0.05, 0.1) is 22.7 Å². The molecular formula is C19H16F6N8O. The van der Waals surface area contributed by atoms with E-state index in [1.54, 1.807) is 6.92 Å². The summed E-state index contributed by atoms with van der Waals surface area (Å²) in [5.74, 6) is 0.220. The van der Waals surface area contributed by atoms with Crippen LogP contribution in [0.5, 0.6) is 0 Å². The van der Waals surface area contributed by atoms with E-state index in [9.17, 15) is 31.1 Å². The predicted octanol–water partition coefficient (Wildman–Crippen LogP) is 3.85. The lowest BCUT2D eigenvalue weighted by atomic mass is 10.0. The molecule has 34 heavy (non-hydrogen) atoms. The summed E-state index contributed by atoms with van der Waals surface area (Å²) in [5, 5.41) is 11.7. The van der Waals surface area contributed by atoms with Gasteiger partial charge in [0.2, 0.25) is 5.91 Å². The Balaban J connectivity index is 1.76. The molecule has 0 spiro atoms. The van der Waals surface area contributed by atoms with E-state index in [2.05, 4.69) is 30.5 Å². The highest BCUT2D eigenvalue weighted by Gasteiger charge is 2.39.